The van der Waals surface area contributed by atoms with Crippen LogP contribution in [-0.4, -0.2) is 30.1 Å². The monoisotopic (exact) mass is 318 g/mol. The molecule has 1 aromatic rings. The SMILES string of the molecule is CC(N)Cc1ccc(N2CCSCC2C)cc1C(F)(F)F. The van der Waals surface area contributed by atoms with Gasteiger partial charge in [0.2, 0.25) is 0 Å². The molecular formula is C15H21F3N2S. The summed E-state index contributed by atoms with van der Waals surface area (Å²) in [6.45, 7) is 4.56. The van der Waals surface area contributed by atoms with Crippen LogP contribution in [0, 0.1) is 0 Å². The summed E-state index contributed by atoms with van der Waals surface area (Å²) in [5, 5.41) is 0. The summed E-state index contributed by atoms with van der Waals surface area (Å²) in [4.78, 5) is 2.06. The number of nitrogens with zero attached hydrogens (tertiary/aromatic N) is 1. The predicted molar refractivity (Wildman–Crippen MR) is 82.9 cm³/mol. The number of benzene rings is 1. The summed E-state index contributed by atoms with van der Waals surface area (Å²) >= 11 is 1.84. The molecule has 0 spiro atoms. The molecule has 0 aliphatic carbocycles. The first kappa shape index (κ1) is 16.5. The number of halogens is 3. The Morgan fingerprint density at radius 3 is 2.71 bits per heavy atom. The minimum atomic E-state index is -4.34. The molecule has 1 saturated heterocycles. The van der Waals surface area contributed by atoms with Gasteiger partial charge in [0.1, 0.15) is 0 Å². The van der Waals surface area contributed by atoms with Gasteiger partial charge in [-0.15, -0.1) is 0 Å². The molecule has 2 N–H and O–H groups in total. The van der Waals surface area contributed by atoms with Gasteiger partial charge >= 0.3 is 6.18 Å². The van der Waals surface area contributed by atoms with Gasteiger partial charge in [-0.05, 0) is 38.0 Å². The second-order valence-corrected chi connectivity index (χ2v) is 6.79. The predicted octanol–water partition coefficient (Wildman–Crippen LogP) is 3.54. The summed E-state index contributed by atoms with van der Waals surface area (Å²) in [6.07, 6.45) is -4.10. The number of anilines is 1. The van der Waals surface area contributed by atoms with Crippen LogP contribution in [0.1, 0.15) is 25.0 Å². The van der Waals surface area contributed by atoms with Crippen molar-refractivity contribution in [3.05, 3.63) is 29.3 Å². The lowest BCUT2D eigenvalue weighted by Gasteiger charge is -2.35. The van der Waals surface area contributed by atoms with E-state index in [1.807, 2.05) is 11.8 Å². The van der Waals surface area contributed by atoms with Crippen LogP contribution in [0.4, 0.5) is 18.9 Å². The highest BCUT2D eigenvalue weighted by molar-refractivity contribution is 7.99. The van der Waals surface area contributed by atoms with E-state index in [0.29, 0.717) is 5.69 Å². The molecular weight excluding hydrogens is 297 g/mol. The van der Waals surface area contributed by atoms with Crippen LogP contribution in [0.15, 0.2) is 18.2 Å². The summed E-state index contributed by atoms with van der Waals surface area (Å²) < 4.78 is 39.8. The van der Waals surface area contributed by atoms with Gasteiger partial charge in [-0.25, -0.2) is 0 Å². The van der Waals surface area contributed by atoms with Gasteiger partial charge in [-0.2, -0.15) is 24.9 Å². The van der Waals surface area contributed by atoms with Gasteiger partial charge in [0, 0.05) is 35.8 Å². The average molecular weight is 318 g/mol. The third kappa shape index (κ3) is 4.07. The van der Waals surface area contributed by atoms with Crippen LogP contribution in [0.3, 0.4) is 0 Å². The van der Waals surface area contributed by atoms with E-state index in [2.05, 4.69) is 11.8 Å². The maximum Gasteiger partial charge on any atom is 0.416 e. The van der Waals surface area contributed by atoms with Gasteiger partial charge in [0.25, 0.3) is 0 Å². The topological polar surface area (TPSA) is 29.3 Å². The molecule has 2 rings (SSSR count). The molecule has 2 unspecified atom stereocenters. The second kappa shape index (κ2) is 6.48. The first-order valence-electron chi connectivity index (χ1n) is 7.09. The molecule has 1 aliphatic rings. The van der Waals surface area contributed by atoms with Crippen LogP contribution >= 0.6 is 11.8 Å². The molecule has 118 valence electrons. The van der Waals surface area contributed by atoms with E-state index >= 15 is 0 Å². The molecule has 0 saturated carbocycles. The van der Waals surface area contributed by atoms with Crippen LogP contribution < -0.4 is 10.6 Å². The van der Waals surface area contributed by atoms with Crippen molar-refractivity contribution in [3.8, 4) is 0 Å². The number of nitrogens with two attached hydrogens (primary N) is 1. The largest absolute Gasteiger partial charge is 0.416 e. The van der Waals surface area contributed by atoms with E-state index < -0.39 is 11.7 Å². The van der Waals surface area contributed by atoms with Crippen molar-refractivity contribution in [2.45, 2.75) is 38.5 Å². The molecule has 21 heavy (non-hydrogen) atoms. The van der Waals surface area contributed by atoms with E-state index in [9.17, 15) is 13.2 Å². The molecule has 1 aromatic carbocycles. The summed E-state index contributed by atoms with van der Waals surface area (Å²) in [7, 11) is 0. The van der Waals surface area contributed by atoms with Gasteiger partial charge in [0.15, 0.2) is 0 Å². The summed E-state index contributed by atoms with van der Waals surface area (Å²) in [5.41, 5.74) is 6.04. The van der Waals surface area contributed by atoms with Crippen molar-refractivity contribution in [2.75, 3.05) is 23.0 Å². The van der Waals surface area contributed by atoms with Gasteiger partial charge in [0.05, 0.1) is 5.56 Å². The van der Waals surface area contributed by atoms with E-state index in [4.69, 9.17) is 5.73 Å². The van der Waals surface area contributed by atoms with Crippen molar-refractivity contribution >= 4 is 17.4 Å². The normalized spacial score (nSPS) is 21.4. The maximum atomic E-state index is 13.3. The molecule has 0 radical (unpaired) electrons. The summed E-state index contributed by atoms with van der Waals surface area (Å²) in [6, 6.07) is 4.62. The molecule has 1 fully saturated rings. The lowest BCUT2D eigenvalue weighted by Crippen LogP contribution is -2.40. The zero-order valence-electron chi connectivity index (χ0n) is 12.3. The molecule has 6 heteroatoms. The van der Waals surface area contributed by atoms with Gasteiger partial charge in [-0.3, -0.25) is 0 Å². The first-order valence-corrected chi connectivity index (χ1v) is 8.24. The zero-order valence-corrected chi connectivity index (χ0v) is 13.1. The van der Waals surface area contributed by atoms with Crippen LogP contribution in [0.2, 0.25) is 0 Å². The smallest absolute Gasteiger partial charge is 0.367 e. The van der Waals surface area contributed by atoms with E-state index in [-0.39, 0.29) is 24.1 Å². The van der Waals surface area contributed by atoms with Crippen LogP contribution in [0.5, 0.6) is 0 Å². The molecule has 0 bridgehead atoms. The Hall–Kier alpha value is -0.880. The fourth-order valence-electron chi connectivity index (χ4n) is 2.64. The number of hydrogen-bond acceptors (Lipinski definition) is 3. The third-order valence-corrected chi connectivity index (χ3v) is 4.83. The Morgan fingerprint density at radius 1 is 1.43 bits per heavy atom. The number of alkyl halides is 3. The van der Waals surface area contributed by atoms with Crippen molar-refractivity contribution in [3.63, 3.8) is 0 Å². The minimum Gasteiger partial charge on any atom is -0.367 e. The Morgan fingerprint density at radius 2 is 2.14 bits per heavy atom. The van der Waals surface area contributed by atoms with Crippen molar-refractivity contribution in [1.82, 2.24) is 0 Å². The highest BCUT2D eigenvalue weighted by Crippen LogP contribution is 2.36. The minimum absolute atomic E-state index is 0.237. The van der Waals surface area contributed by atoms with E-state index in [1.54, 1.807) is 19.1 Å². The van der Waals surface area contributed by atoms with Crippen LogP contribution in [-0.2, 0) is 12.6 Å². The molecule has 2 nitrogen and oxygen atoms in total. The molecule has 2 atom stereocenters. The van der Waals surface area contributed by atoms with Gasteiger partial charge < -0.3 is 10.6 Å². The zero-order chi connectivity index (χ0) is 15.6. The fraction of sp³-hybridized carbons (Fsp3) is 0.600. The highest BCUT2D eigenvalue weighted by Gasteiger charge is 2.34. The Balaban J connectivity index is 2.36. The number of hydrogen-bond donors (Lipinski definition) is 1. The first-order chi connectivity index (χ1) is 9.79. The number of rotatable bonds is 3. The van der Waals surface area contributed by atoms with Crippen molar-refractivity contribution in [1.29, 1.82) is 0 Å². The molecule has 1 heterocycles. The Labute approximate surface area is 127 Å². The Kier molecular flexibility index (Phi) is 5.09. The van der Waals surface area contributed by atoms with Gasteiger partial charge in [-0.1, -0.05) is 6.07 Å². The highest BCUT2D eigenvalue weighted by atomic mass is 32.2. The quantitative estimate of drug-likeness (QED) is 0.924. The van der Waals surface area contributed by atoms with E-state index in [1.165, 1.54) is 6.07 Å². The van der Waals surface area contributed by atoms with Crippen molar-refractivity contribution < 1.29 is 13.2 Å². The maximum absolute atomic E-state index is 13.3. The lowest BCUT2D eigenvalue weighted by molar-refractivity contribution is -0.138. The second-order valence-electron chi connectivity index (χ2n) is 5.64. The summed E-state index contributed by atoms with van der Waals surface area (Å²) in [5.74, 6) is 1.90. The molecule has 0 amide bonds. The fourth-order valence-corrected chi connectivity index (χ4v) is 3.66. The molecule has 0 aromatic heterocycles. The Bertz CT molecular complexity index is 488. The molecule has 1 aliphatic heterocycles. The number of thioether (sulfide) groups is 1. The third-order valence-electron chi connectivity index (χ3n) is 3.64. The standard InChI is InChI=1S/C15H21F3N2S/c1-10(19)7-12-3-4-13(8-14(12)15(16,17)18)20-5-6-21-9-11(20)2/h3-4,8,10-11H,5-7,9,19H2,1-2H3. The average Bonchev–Trinajstić information content (AvgIpc) is 2.38. The lowest BCUT2D eigenvalue weighted by atomic mass is 9.99. The van der Waals surface area contributed by atoms with Crippen molar-refractivity contribution in [2.24, 2.45) is 5.73 Å². The van der Waals surface area contributed by atoms with E-state index in [0.717, 1.165) is 18.1 Å². The van der Waals surface area contributed by atoms with Crippen LogP contribution in [0.25, 0.3) is 0 Å².